The summed E-state index contributed by atoms with van der Waals surface area (Å²) in [6.45, 7) is 8.44. The maximum Gasteiger partial charge on any atom is 0.411 e. The molecule has 2 aromatic rings. The minimum absolute atomic E-state index is 0.115. The van der Waals surface area contributed by atoms with E-state index in [0.717, 1.165) is 24.0 Å². The number of carbonyl (C=O) groups excluding carboxylic acids is 2. The molecule has 0 radical (unpaired) electrons. The molecule has 0 aliphatic carbocycles. The van der Waals surface area contributed by atoms with E-state index in [2.05, 4.69) is 19.2 Å². The Balaban J connectivity index is 1.71. The lowest BCUT2D eigenvalue weighted by atomic mass is 9.99. The van der Waals surface area contributed by atoms with Crippen LogP contribution in [-0.2, 0) is 14.6 Å². The first-order chi connectivity index (χ1) is 15.6. The van der Waals surface area contributed by atoms with Crippen molar-refractivity contribution in [2.24, 2.45) is 5.92 Å². The first-order valence-electron chi connectivity index (χ1n) is 11.2. The molecule has 1 fully saturated rings. The Hall–Kier alpha value is -2.87. The molecule has 1 saturated heterocycles. The Morgan fingerprint density at radius 3 is 2.45 bits per heavy atom. The molecule has 178 valence electrons. The van der Waals surface area contributed by atoms with Crippen LogP contribution in [0.5, 0.6) is 0 Å². The van der Waals surface area contributed by atoms with Gasteiger partial charge in [-0.25, -0.2) is 13.2 Å². The number of hydrogen-bond acceptors (Lipinski definition) is 5. The van der Waals surface area contributed by atoms with Gasteiger partial charge in [-0.05, 0) is 68.0 Å². The Morgan fingerprint density at radius 2 is 1.79 bits per heavy atom. The SMILES string of the molecule is Cc1cc(NC(=O)OCCS(=O)(=O)c2ccccc2)c(C(=O)N2CCC[C@H]2C(C)C)cc1C. The fraction of sp³-hybridized carbons (Fsp3) is 0.440. The van der Waals surface area contributed by atoms with Crippen molar-refractivity contribution >= 4 is 27.5 Å². The molecule has 1 heterocycles. The van der Waals surface area contributed by atoms with E-state index < -0.39 is 15.9 Å². The summed E-state index contributed by atoms with van der Waals surface area (Å²) in [5.41, 5.74) is 2.66. The lowest BCUT2D eigenvalue weighted by molar-refractivity contribution is 0.0702. The number of benzene rings is 2. The number of likely N-dealkylation sites (tertiary alicyclic amines) is 1. The lowest BCUT2D eigenvalue weighted by Gasteiger charge is -2.28. The van der Waals surface area contributed by atoms with E-state index in [0.29, 0.717) is 23.7 Å². The highest BCUT2D eigenvalue weighted by molar-refractivity contribution is 7.91. The van der Waals surface area contributed by atoms with Crippen LogP contribution in [-0.4, -0.2) is 50.3 Å². The number of rotatable bonds is 7. The molecule has 1 aliphatic heterocycles. The zero-order valence-corrected chi connectivity index (χ0v) is 20.4. The van der Waals surface area contributed by atoms with E-state index >= 15 is 0 Å². The molecule has 1 atom stereocenters. The molecular weight excluding hydrogens is 440 g/mol. The lowest BCUT2D eigenvalue weighted by Crippen LogP contribution is -2.39. The average molecular weight is 473 g/mol. The first-order valence-corrected chi connectivity index (χ1v) is 12.9. The molecule has 8 heteroatoms. The zero-order valence-electron chi connectivity index (χ0n) is 19.6. The molecule has 1 N–H and O–H groups in total. The Bertz CT molecular complexity index is 1110. The molecule has 0 spiro atoms. The fourth-order valence-electron chi connectivity index (χ4n) is 4.12. The van der Waals surface area contributed by atoms with Crippen LogP contribution < -0.4 is 5.32 Å². The minimum atomic E-state index is -3.55. The molecule has 0 aromatic heterocycles. The number of hydrogen-bond donors (Lipinski definition) is 1. The minimum Gasteiger partial charge on any atom is -0.448 e. The number of sulfone groups is 1. The highest BCUT2D eigenvalue weighted by atomic mass is 32.2. The summed E-state index contributed by atoms with van der Waals surface area (Å²) in [5, 5.41) is 2.65. The summed E-state index contributed by atoms with van der Waals surface area (Å²) in [4.78, 5) is 27.9. The van der Waals surface area contributed by atoms with Gasteiger partial charge in [-0.2, -0.15) is 0 Å². The number of amides is 2. The van der Waals surface area contributed by atoms with Crippen molar-refractivity contribution in [3.05, 3.63) is 59.2 Å². The highest BCUT2D eigenvalue weighted by Gasteiger charge is 2.32. The maximum atomic E-state index is 13.4. The molecule has 33 heavy (non-hydrogen) atoms. The maximum absolute atomic E-state index is 13.4. The molecule has 0 unspecified atom stereocenters. The zero-order chi connectivity index (χ0) is 24.2. The number of carbonyl (C=O) groups is 2. The third-order valence-electron chi connectivity index (χ3n) is 6.12. The molecule has 0 bridgehead atoms. The van der Waals surface area contributed by atoms with Gasteiger partial charge < -0.3 is 9.64 Å². The van der Waals surface area contributed by atoms with Gasteiger partial charge in [0.15, 0.2) is 9.84 Å². The normalized spacial score (nSPS) is 16.2. The van der Waals surface area contributed by atoms with Crippen LogP contribution >= 0.6 is 0 Å². The van der Waals surface area contributed by atoms with Gasteiger partial charge in [0.25, 0.3) is 5.91 Å². The van der Waals surface area contributed by atoms with Crippen molar-refractivity contribution in [2.75, 3.05) is 24.2 Å². The fourth-order valence-corrected chi connectivity index (χ4v) is 5.24. The van der Waals surface area contributed by atoms with Gasteiger partial charge in [0, 0.05) is 12.6 Å². The topological polar surface area (TPSA) is 92.8 Å². The molecule has 2 amide bonds. The summed E-state index contributed by atoms with van der Waals surface area (Å²) < 4.78 is 29.9. The van der Waals surface area contributed by atoms with Crippen molar-refractivity contribution in [1.82, 2.24) is 4.90 Å². The smallest absolute Gasteiger partial charge is 0.411 e. The van der Waals surface area contributed by atoms with Gasteiger partial charge in [0.2, 0.25) is 0 Å². The van der Waals surface area contributed by atoms with Crippen LogP contribution in [0, 0.1) is 19.8 Å². The van der Waals surface area contributed by atoms with Gasteiger partial charge >= 0.3 is 6.09 Å². The standard InChI is InChI=1S/C25H32N2O5S/c1-17(2)23-11-8-12-27(23)24(28)21-15-18(3)19(4)16-22(21)26-25(29)32-13-14-33(30,31)20-9-6-5-7-10-20/h5-7,9-10,15-17,23H,8,11-14H2,1-4H3,(H,26,29)/t23-/m0/s1. The van der Waals surface area contributed by atoms with Crippen molar-refractivity contribution in [2.45, 2.75) is 51.5 Å². The van der Waals surface area contributed by atoms with E-state index in [1.54, 1.807) is 30.3 Å². The van der Waals surface area contributed by atoms with Crippen molar-refractivity contribution < 1.29 is 22.7 Å². The number of ether oxygens (including phenoxy) is 1. The summed E-state index contributed by atoms with van der Waals surface area (Å²) in [6, 6.07) is 11.7. The number of nitrogens with one attached hydrogen (secondary N) is 1. The number of anilines is 1. The second-order valence-corrected chi connectivity index (χ2v) is 10.9. The summed E-state index contributed by atoms with van der Waals surface area (Å²) in [7, 11) is -3.55. The Kier molecular flexibility index (Phi) is 7.79. The predicted molar refractivity (Wildman–Crippen MR) is 128 cm³/mol. The number of nitrogens with zero attached hydrogens (tertiary/aromatic N) is 1. The predicted octanol–water partition coefficient (Wildman–Crippen LogP) is 4.59. The molecule has 0 saturated carbocycles. The van der Waals surface area contributed by atoms with Gasteiger partial charge in [-0.15, -0.1) is 0 Å². The van der Waals surface area contributed by atoms with Crippen molar-refractivity contribution in [3.63, 3.8) is 0 Å². The second kappa shape index (κ2) is 10.4. The van der Waals surface area contributed by atoms with Crippen LogP contribution in [0.1, 0.15) is 48.2 Å². The van der Waals surface area contributed by atoms with Crippen LogP contribution in [0.15, 0.2) is 47.4 Å². The molecule has 7 nitrogen and oxygen atoms in total. The molecule has 3 rings (SSSR count). The second-order valence-electron chi connectivity index (χ2n) is 8.83. The monoisotopic (exact) mass is 472 g/mol. The highest BCUT2D eigenvalue weighted by Crippen LogP contribution is 2.29. The third-order valence-corrected chi connectivity index (χ3v) is 7.81. The van der Waals surface area contributed by atoms with E-state index in [1.165, 1.54) is 12.1 Å². The van der Waals surface area contributed by atoms with Crippen molar-refractivity contribution in [1.29, 1.82) is 0 Å². The van der Waals surface area contributed by atoms with E-state index in [1.807, 2.05) is 18.7 Å². The number of aryl methyl sites for hydroxylation is 2. The van der Waals surface area contributed by atoms with Crippen molar-refractivity contribution in [3.8, 4) is 0 Å². The van der Waals surface area contributed by atoms with Gasteiger partial charge in [-0.3, -0.25) is 10.1 Å². The Morgan fingerprint density at radius 1 is 1.12 bits per heavy atom. The molecule has 1 aliphatic rings. The van der Waals surface area contributed by atoms with Gasteiger partial charge in [0.05, 0.1) is 21.9 Å². The van der Waals surface area contributed by atoms with E-state index in [4.69, 9.17) is 4.74 Å². The largest absolute Gasteiger partial charge is 0.448 e. The summed E-state index contributed by atoms with van der Waals surface area (Å²) >= 11 is 0. The molecular formula is C25H32N2O5S. The van der Waals surface area contributed by atoms with E-state index in [9.17, 15) is 18.0 Å². The third kappa shape index (κ3) is 5.93. The van der Waals surface area contributed by atoms with Gasteiger partial charge in [0.1, 0.15) is 6.61 Å². The van der Waals surface area contributed by atoms with Crippen LogP contribution in [0.3, 0.4) is 0 Å². The first kappa shape index (κ1) is 24.8. The average Bonchev–Trinajstić information content (AvgIpc) is 3.26. The van der Waals surface area contributed by atoms with Crippen LogP contribution in [0.2, 0.25) is 0 Å². The van der Waals surface area contributed by atoms with E-state index in [-0.39, 0.29) is 29.2 Å². The quantitative estimate of drug-likeness (QED) is 0.636. The molecule has 2 aromatic carbocycles. The summed E-state index contributed by atoms with van der Waals surface area (Å²) in [6.07, 6.45) is 1.13. The Labute approximate surface area is 196 Å². The van der Waals surface area contributed by atoms with Gasteiger partial charge in [-0.1, -0.05) is 32.0 Å². The summed E-state index contributed by atoms with van der Waals surface area (Å²) in [5.74, 6) is -0.0975. The van der Waals surface area contributed by atoms with Crippen LogP contribution in [0.4, 0.5) is 10.5 Å². The van der Waals surface area contributed by atoms with Crippen LogP contribution in [0.25, 0.3) is 0 Å².